The maximum atomic E-state index is 12.3. The molecule has 0 radical (unpaired) electrons. The van der Waals surface area contributed by atoms with E-state index in [1.54, 1.807) is 6.92 Å². The number of amides is 2. The topological polar surface area (TPSA) is 98.3 Å². The summed E-state index contributed by atoms with van der Waals surface area (Å²) in [4.78, 5) is 22.4. The van der Waals surface area contributed by atoms with E-state index in [4.69, 9.17) is 30.3 Å². The molecule has 0 aliphatic heterocycles. The molecule has 204 valence electrons. The van der Waals surface area contributed by atoms with Crippen molar-refractivity contribution < 1.29 is 28.2 Å². The number of carbonyl (C=O) groups excluding carboxylic acids is 1. The molecule has 0 bridgehead atoms. The van der Waals surface area contributed by atoms with Crippen molar-refractivity contribution in [1.82, 2.24) is 10.6 Å². The van der Waals surface area contributed by atoms with Gasteiger partial charge in [-0.2, -0.15) is 0 Å². The van der Waals surface area contributed by atoms with E-state index in [1.165, 1.54) is 21.3 Å². The number of ether oxygens (including phenoxy) is 2. The SMILES string of the molecule is CC#CC#CC#CC#CC#CC#CC#CC#CC#CC#CNC(=O)N[C@@H]1C[C@H](COC)C(OP(O)(=S)OC)[C@@H]1OC. The first-order chi connectivity index (χ1) is 19.9. The minimum Gasteiger partial charge on any atom is -0.384 e. The minimum absolute atomic E-state index is 0.200. The predicted octanol–water partition coefficient (Wildman–Crippen LogP) is 0.595. The number of rotatable bonds is 7. The molecule has 1 saturated carbocycles. The van der Waals surface area contributed by atoms with Crippen LogP contribution in [0.4, 0.5) is 4.79 Å². The van der Waals surface area contributed by atoms with Crippen LogP contribution in [0.5, 0.6) is 0 Å². The number of hydrogen-bond donors (Lipinski definition) is 3. The van der Waals surface area contributed by atoms with Crippen LogP contribution in [0.25, 0.3) is 0 Å². The van der Waals surface area contributed by atoms with E-state index in [0.29, 0.717) is 13.0 Å². The van der Waals surface area contributed by atoms with Crippen LogP contribution in [0.15, 0.2) is 0 Å². The van der Waals surface area contributed by atoms with Crippen LogP contribution >= 0.6 is 6.72 Å². The molecular weight excluding hydrogens is 559 g/mol. The molecule has 1 aliphatic carbocycles. The molecule has 1 fully saturated rings. The van der Waals surface area contributed by atoms with Crippen LogP contribution < -0.4 is 10.6 Å². The lowest BCUT2D eigenvalue weighted by Crippen LogP contribution is -2.47. The lowest BCUT2D eigenvalue weighted by atomic mass is 10.1. The number of hydrogen-bond acceptors (Lipinski definition) is 6. The second-order valence-corrected chi connectivity index (χ2v) is 10.1. The zero-order chi connectivity index (χ0) is 30.2. The molecule has 0 aromatic carbocycles. The Morgan fingerprint density at radius 3 is 1.68 bits per heavy atom. The van der Waals surface area contributed by atoms with Gasteiger partial charge in [-0.1, -0.05) is 5.92 Å². The fourth-order valence-electron chi connectivity index (χ4n) is 3.14. The number of methoxy groups -OCH3 is 2. The van der Waals surface area contributed by atoms with E-state index < -0.39 is 31.0 Å². The Morgan fingerprint density at radius 2 is 1.27 bits per heavy atom. The Hall–Kier alpha value is -4.68. The number of nitrogens with one attached hydrogen (secondary N) is 2. The average Bonchev–Trinajstić information content (AvgIpc) is 3.26. The highest BCUT2D eigenvalue weighted by atomic mass is 32.5. The van der Waals surface area contributed by atoms with Crippen LogP contribution in [0.3, 0.4) is 0 Å². The molecule has 0 aromatic rings. The zero-order valence-corrected chi connectivity index (χ0v) is 24.3. The smallest absolute Gasteiger partial charge is 0.326 e. The summed E-state index contributed by atoms with van der Waals surface area (Å²) in [7, 11) is 4.27. The third-order valence-electron chi connectivity index (χ3n) is 4.62. The molecule has 3 N–H and O–H groups in total. The quantitative estimate of drug-likeness (QED) is 0.230. The molecule has 0 aromatic heterocycles. The summed E-state index contributed by atoms with van der Waals surface area (Å²) < 4.78 is 21.2. The Morgan fingerprint density at radius 1 is 0.805 bits per heavy atom. The standard InChI is InChI=1S/C31H23N2O6PS/c1-5-6-7-8-9-10-11-12-13-14-15-16-17-18-19-20-21-22-23-24-32-31(34)33-28-25-27(26-36-2)29(30(28)37-3)39-40(35,41)38-4/h27-30H,25-26H2,1-4H3,(H,35,41)(H2,32,33,34)/t27-,28-,29?,30-,40?/m1/s1. The van der Waals surface area contributed by atoms with Crippen molar-refractivity contribution in [2.45, 2.75) is 31.6 Å². The largest absolute Gasteiger partial charge is 0.384 e. The summed E-state index contributed by atoms with van der Waals surface area (Å²) in [6.07, 6.45) is -0.785. The minimum atomic E-state index is -3.46. The van der Waals surface area contributed by atoms with Crippen molar-refractivity contribution in [3.8, 4) is 119 Å². The first-order valence-electron chi connectivity index (χ1n) is 11.5. The number of urea groups is 1. The second-order valence-electron chi connectivity index (χ2n) is 7.20. The summed E-state index contributed by atoms with van der Waals surface area (Å²) in [6.45, 7) is -1.47. The fourth-order valence-corrected chi connectivity index (χ4v) is 4.12. The molecule has 0 heterocycles. The molecule has 2 amide bonds. The van der Waals surface area contributed by atoms with Gasteiger partial charge in [0.2, 0.25) is 0 Å². The van der Waals surface area contributed by atoms with Gasteiger partial charge in [0.15, 0.2) is 0 Å². The Labute approximate surface area is 247 Å². The maximum Gasteiger partial charge on any atom is 0.326 e. The predicted molar refractivity (Wildman–Crippen MR) is 158 cm³/mol. The van der Waals surface area contributed by atoms with E-state index in [-0.39, 0.29) is 5.92 Å². The second kappa shape index (κ2) is 21.2. The van der Waals surface area contributed by atoms with Crippen LogP contribution in [0.2, 0.25) is 0 Å². The highest BCUT2D eigenvalue weighted by Gasteiger charge is 2.47. The summed E-state index contributed by atoms with van der Waals surface area (Å²) in [5.74, 6) is 47.3. The van der Waals surface area contributed by atoms with Gasteiger partial charge >= 0.3 is 12.7 Å². The van der Waals surface area contributed by atoms with Gasteiger partial charge in [0.1, 0.15) is 12.2 Å². The monoisotopic (exact) mass is 582 g/mol. The molecule has 41 heavy (non-hydrogen) atoms. The van der Waals surface area contributed by atoms with Crippen molar-refractivity contribution in [1.29, 1.82) is 0 Å². The van der Waals surface area contributed by atoms with E-state index in [0.717, 1.165) is 0 Å². The Balaban J connectivity index is 2.57. The Bertz CT molecular complexity index is 1650. The number of carbonyl (C=O) groups is 1. The molecule has 8 nitrogen and oxygen atoms in total. The van der Waals surface area contributed by atoms with Gasteiger partial charge in [0.25, 0.3) is 0 Å². The van der Waals surface area contributed by atoms with Gasteiger partial charge in [0, 0.05) is 92.5 Å². The van der Waals surface area contributed by atoms with Crippen molar-refractivity contribution >= 4 is 24.6 Å². The summed E-state index contributed by atoms with van der Waals surface area (Å²) in [6, 6.07) is 1.39. The van der Waals surface area contributed by atoms with Gasteiger partial charge in [-0.15, -0.1) is 0 Å². The normalized spacial score (nSPS) is 18.2. The van der Waals surface area contributed by atoms with Crippen molar-refractivity contribution in [2.75, 3.05) is 27.9 Å². The molecule has 1 rings (SSSR count). The molecule has 2 unspecified atom stereocenters. The van der Waals surface area contributed by atoms with E-state index >= 15 is 0 Å². The van der Waals surface area contributed by atoms with Gasteiger partial charge in [-0.3, -0.25) is 5.32 Å². The molecule has 10 heteroatoms. The van der Waals surface area contributed by atoms with Gasteiger partial charge < -0.3 is 28.7 Å². The van der Waals surface area contributed by atoms with Crippen LogP contribution in [-0.2, 0) is 30.3 Å². The fraction of sp³-hybridized carbons (Fsp3) is 0.323. The van der Waals surface area contributed by atoms with E-state index in [9.17, 15) is 9.69 Å². The molecule has 0 spiro atoms. The van der Waals surface area contributed by atoms with Crippen LogP contribution in [0.1, 0.15) is 13.3 Å². The van der Waals surface area contributed by atoms with Gasteiger partial charge in [-0.05, 0) is 72.5 Å². The lowest BCUT2D eigenvalue weighted by Gasteiger charge is -2.28. The average molecular weight is 583 g/mol. The highest BCUT2D eigenvalue weighted by Crippen LogP contribution is 2.48. The van der Waals surface area contributed by atoms with Crippen LogP contribution in [-0.4, -0.2) is 57.1 Å². The first kappa shape index (κ1) is 34.3. The van der Waals surface area contributed by atoms with E-state index in [1.807, 2.05) is 0 Å². The molecule has 0 saturated heterocycles. The molecule has 1 aliphatic rings. The van der Waals surface area contributed by atoms with Crippen LogP contribution in [0, 0.1) is 124 Å². The summed E-state index contributed by atoms with van der Waals surface area (Å²) in [5.41, 5.74) is 0. The summed E-state index contributed by atoms with van der Waals surface area (Å²) >= 11 is 4.96. The van der Waals surface area contributed by atoms with E-state index in [2.05, 4.69) is 129 Å². The lowest BCUT2D eigenvalue weighted by molar-refractivity contribution is -0.0211. The van der Waals surface area contributed by atoms with Crippen molar-refractivity contribution in [3.05, 3.63) is 0 Å². The Kier molecular flexibility index (Phi) is 17.7. The molecule has 5 atom stereocenters. The third-order valence-corrected chi connectivity index (χ3v) is 6.30. The maximum absolute atomic E-state index is 12.3. The first-order valence-corrected chi connectivity index (χ1v) is 14.0. The summed E-state index contributed by atoms with van der Waals surface area (Å²) in [5, 5.41) is 5.13. The molecular formula is C31H23N2O6PS. The highest BCUT2D eigenvalue weighted by molar-refractivity contribution is 8.07. The van der Waals surface area contributed by atoms with Crippen molar-refractivity contribution in [3.63, 3.8) is 0 Å². The van der Waals surface area contributed by atoms with Gasteiger partial charge in [-0.25, -0.2) is 4.79 Å². The zero-order valence-electron chi connectivity index (χ0n) is 22.6. The van der Waals surface area contributed by atoms with Crippen molar-refractivity contribution in [2.24, 2.45) is 5.92 Å². The third kappa shape index (κ3) is 15.5. The van der Waals surface area contributed by atoms with Gasteiger partial charge in [0.05, 0.1) is 12.6 Å².